The normalized spacial score (nSPS) is 9.77. The van der Waals surface area contributed by atoms with E-state index in [0.717, 1.165) is 12.2 Å². The van der Waals surface area contributed by atoms with Crippen molar-refractivity contribution in [2.75, 3.05) is 31.5 Å². The van der Waals surface area contributed by atoms with E-state index in [1.165, 1.54) is 0 Å². The van der Waals surface area contributed by atoms with Crippen LogP contribution in [-0.4, -0.2) is 31.6 Å². The van der Waals surface area contributed by atoms with Crippen LogP contribution in [0, 0.1) is 0 Å². The van der Waals surface area contributed by atoms with Crippen LogP contribution in [0.3, 0.4) is 0 Å². The van der Waals surface area contributed by atoms with Gasteiger partial charge < -0.3 is 9.64 Å². The van der Waals surface area contributed by atoms with Gasteiger partial charge in [-0.1, -0.05) is 0 Å². The molecular weight excluding hydrogens is 188 g/mol. The maximum atomic E-state index is 5.63. The van der Waals surface area contributed by atoms with Gasteiger partial charge in [-0.15, -0.1) is 11.6 Å². The molecule has 72 valence electrons. The van der Waals surface area contributed by atoms with Gasteiger partial charge in [0.1, 0.15) is 0 Å². The number of alkyl halides is 1. The molecule has 1 rings (SSSR count). The van der Waals surface area contributed by atoms with Crippen LogP contribution < -0.4 is 9.64 Å². The molecule has 0 fully saturated rings. The van der Waals surface area contributed by atoms with Crippen LogP contribution in [0.15, 0.2) is 18.3 Å². The number of methoxy groups -OCH3 is 1. The Hall–Kier alpha value is -0.960. The summed E-state index contributed by atoms with van der Waals surface area (Å²) < 4.78 is 5.01. The second-order valence-electron chi connectivity index (χ2n) is 2.67. The van der Waals surface area contributed by atoms with Gasteiger partial charge in [0, 0.05) is 37.4 Å². The smallest absolute Gasteiger partial charge is 0.214 e. The fourth-order valence-electron chi connectivity index (χ4n) is 1.00. The highest BCUT2D eigenvalue weighted by Crippen LogP contribution is 2.16. The first-order valence-electron chi connectivity index (χ1n) is 4.05. The van der Waals surface area contributed by atoms with Gasteiger partial charge in [0.15, 0.2) is 0 Å². The number of nitrogens with zero attached hydrogens (tertiary/aromatic N) is 2. The number of ether oxygens (including phenoxy) is 1. The van der Waals surface area contributed by atoms with Crippen LogP contribution in [0.5, 0.6) is 5.88 Å². The molecule has 3 nitrogen and oxygen atoms in total. The first-order chi connectivity index (χ1) is 6.27. The first kappa shape index (κ1) is 10.1. The Morgan fingerprint density at radius 1 is 1.62 bits per heavy atom. The molecule has 0 atom stereocenters. The number of hydrogen-bond acceptors (Lipinski definition) is 3. The van der Waals surface area contributed by atoms with Gasteiger partial charge in [0.05, 0.1) is 7.11 Å². The first-order valence-corrected chi connectivity index (χ1v) is 4.58. The van der Waals surface area contributed by atoms with Crippen molar-refractivity contribution in [2.24, 2.45) is 0 Å². The summed E-state index contributed by atoms with van der Waals surface area (Å²) in [6.07, 6.45) is 1.72. The summed E-state index contributed by atoms with van der Waals surface area (Å²) >= 11 is 5.63. The summed E-state index contributed by atoms with van der Waals surface area (Å²) in [7, 11) is 3.59. The van der Waals surface area contributed by atoms with E-state index in [1.54, 1.807) is 13.3 Å². The molecule has 13 heavy (non-hydrogen) atoms. The molecular formula is C9H13ClN2O. The lowest BCUT2D eigenvalue weighted by Gasteiger charge is -2.17. The Bertz CT molecular complexity index is 268. The fraction of sp³-hybridized carbons (Fsp3) is 0.444. The highest BCUT2D eigenvalue weighted by Gasteiger charge is 2.01. The van der Waals surface area contributed by atoms with E-state index in [1.807, 2.05) is 19.2 Å². The molecule has 0 N–H and O–H groups in total. The van der Waals surface area contributed by atoms with Crippen LogP contribution in [-0.2, 0) is 0 Å². The lowest BCUT2D eigenvalue weighted by molar-refractivity contribution is 0.398. The maximum Gasteiger partial charge on any atom is 0.214 e. The van der Waals surface area contributed by atoms with Crippen molar-refractivity contribution in [3.63, 3.8) is 0 Å². The van der Waals surface area contributed by atoms with E-state index in [-0.39, 0.29) is 0 Å². The summed E-state index contributed by atoms with van der Waals surface area (Å²) in [5.74, 6) is 1.24. The minimum absolute atomic E-state index is 0.612. The van der Waals surface area contributed by atoms with E-state index in [0.29, 0.717) is 11.8 Å². The summed E-state index contributed by atoms with van der Waals surface area (Å²) in [5, 5.41) is 0. The molecule has 0 aromatic carbocycles. The molecule has 1 aromatic heterocycles. The van der Waals surface area contributed by atoms with Gasteiger partial charge >= 0.3 is 0 Å². The minimum Gasteiger partial charge on any atom is -0.481 e. The molecule has 0 unspecified atom stereocenters. The number of rotatable bonds is 4. The minimum atomic E-state index is 0.612. The molecule has 0 radical (unpaired) electrons. The Balaban J connectivity index is 2.75. The zero-order valence-electron chi connectivity index (χ0n) is 7.83. The molecule has 0 aliphatic carbocycles. The van der Waals surface area contributed by atoms with Crippen molar-refractivity contribution in [1.29, 1.82) is 0 Å². The van der Waals surface area contributed by atoms with Crippen molar-refractivity contribution in [2.45, 2.75) is 0 Å². The Kier molecular flexibility index (Phi) is 3.83. The Labute approximate surface area is 83.3 Å². The summed E-state index contributed by atoms with van der Waals surface area (Å²) in [6, 6.07) is 3.81. The predicted octanol–water partition coefficient (Wildman–Crippen LogP) is 1.77. The van der Waals surface area contributed by atoms with Gasteiger partial charge in [-0.3, -0.25) is 0 Å². The summed E-state index contributed by atoms with van der Waals surface area (Å²) in [5.41, 5.74) is 1.06. The van der Waals surface area contributed by atoms with Crippen molar-refractivity contribution < 1.29 is 4.74 Å². The van der Waals surface area contributed by atoms with Gasteiger partial charge in [-0.25, -0.2) is 4.98 Å². The highest BCUT2D eigenvalue weighted by atomic mass is 35.5. The topological polar surface area (TPSA) is 25.4 Å². The Morgan fingerprint density at radius 2 is 2.38 bits per heavy atom. The molecule has 0 saturated carbocycles. The van der Waals surface area contributed by atoms with Crippen molar-refractivity contribution in [1.82, 2.24) is 4.98 Å². The third-order valence-electron chi connectivity index (χ3n) is 1.79. The number of aromatic nitrogens is 1. The largest absolute Gasteiger partial charge is 0.481 e. The van der Waals surface area contributed by atoms with Crippen molar-refractivity contribution in [3.8, 4) is 5.88 Å². The zero-order chi connectivity index (χ0) is 9.68. The lowest BCUT2D eigenvalue weighted by Crippen LogP contribution is -2.19. The van der Waals surface area contributed by atoms with Crippen molar-refractivity contribution >= 4 is 17.3 Å². The van der Waals surface area contributed by atoms with E-state index in [2.05, 4.69) is 9.88 Å². The van der Waals surface area contributed by atoms with Crippen LogP contribution in [0.4, 0.5) is 5.69 Å². The number of anilines is 1. The van der Waals surface area contributed by atoms with E-state index >= 15 is 0 Å². The average Bonchev–Trinajstić information content (AvgIpc) is 2.18. The maximum absolute atomic E-state index is 5.63. The molecule has 0 saturated heterocycles. The van der Waals surface area contributed by atoms with Crippen LogP contribution >= 0.6 is 11.6 Å². The standard InChI is InChI=1S/C9H13ClN2O/c1-12(6-4-10)8-3-5-11-9(7-8)13-2/h3,5,7H,4,6H2,1-2H3. The fourth-order valence-corrected chi connectivity index (χ4v) is 1.26. The molecule has 0 bridgehead atoms. The SMILES string of the molecule is COc1cc(N(C)CCCl)ccn1. The highest BCUT2D eigenvalue weighted by molar-refractivity contribution is 6.18. The second kappa shape index (κ2) is 4.92. The van der Waals surface area contributed by atoms with Gasteiger partial charge in [0.2, 0.25) is 5.88 Å². The molecule has 0 aliphatic heterocycles. The van der Waals surface area contributed by atoms with Gasteiger partial charge in [0.25, 0.3) is 0 Å². The zero-order valence-corrected chi connectivity index (χ0v) is 8.58. The number of pyridine rings is 1. The predicted molar refractivity (Wildman–Crippen MR) is 54.8 cm³/mol. The monoisotopic (exact) mass is 200 g/mol. The Morgan fingerprint density at radius 3 is 3.00 bits per heavy atom. The number of halogens is 1. The van der Waals surface area contributed by atoms with Gasteiger partial charge in [-0.05, 0) is 6.07 Å². The van der Waals surface area contributed by atoms with E-state index in [4.69, 9.17) is 16.3 Å². The second-order valence-corrected chi connectivity index (χ2v) is 3.04. The third kappa shape index (κ3) is 2.77. The molecule has 0 aliphatic rings. The molecule has 1 heterocycles. The van der Waals surface area contributed by atoms with E-state index < -0.39 is 0 Å². The van der Waals surface area contributed by atoms with E-state index in [9.17, 15) is 0 Å². The molecule has 1 aromatic rings. The van der Waals surface area contributed by atoms with Crippen LogP contribution in [0.1, 0.15) is 0 Å². The molecule has 4 heteroatoms. The lowest BCUT2D eigenvalue weighted by atomic mass is 10.3. The van der Waals surface area contributed by atoms with Crippen LogP contribution in [0.25, 0.3) is 0 Å². The molecule has 0 amide bonds. The quantitative estimate of drug-likeness (QED) is 0.693. The number of hydrogen-bond donors (Lipinski definition) is 0. The molecule has 0 spiro atoms. The third-order valence-corrected chi connectivity index (χ3v) is 1.96. The van der Waals surface area contributed by atoms with Crippen LogP contribution in [0.2, 0.25) is 0 Å². The average molecular weight is 201 g/mol. The van der Waals surface area contributed by atoms with Gasteiger partial charge in [-0.2, -0.15) is 0 Å². The van der Waals surface area contributed by atoms with Crippen molar-refractivity contribution in [3.05, 3.63) is 18.3 Å². The summed E-state index contributed by atoms with van der Waals surface area (Å²) in [4.78, 5) is 6.07. The summed E-state index contributed by atoms with van der Waals surface area (Å²) in [6.45, 7) is 0.814.